The summed E-state index contributed by atoms with van der Waals surface area (Å²) in [5, 5.41) is 0. The summed E-state index contributed by atoms with van der Waals surface area (Å²) in [5.41, 5.74) is 7.45. The number of benzene rings is 1. The van der Waals surface area contributed by atoms with Crippen molar-refractivity contribution in [2.75, 3.05) is 26.7 Å². The van der Waals surface area contributed by atoms with Crippen LogP contribution in [-0.4, -0.2) is 37.7 Å². The van der Waals surface area contributed by atoms with Crippen molar-refractivity contribution in [2.24, 2.45) is 5.73 Å². The van der Waals surface area contributed by atoms with E-state index in [4.69, 9.17) is 10.5 Å². The topological polar surface area (TPSA) is 38.5 Å². The number of ether oxygens (including phenoxy) is 1. The summed E-state index contributed by atoms with van der Waals surface area (Å²) in [6, 6.07) is 8.30. The van der Waals surface area contributed by atoms with Crippen LogP contribution in [0, 0.1) is 0 Å². The quantitative estimate of drug-likeness (QED) is 0.908. The maximum atomic E-state index is 6.25. The molecule has 2 rings (SSSR count). The fraction of sp³-hybridized carbons (Fsp3) is 0.571. The monoisotopic (exact) mass is 312 g/mol. The molecule has 1 heterocycles. The number of hydrogen-bond acceptors (Lipinski definition) is 3. The van der Waals surface area contributed by atoms with E-state index in [1.54, 1.807) is 7.11 Å². The molecule has 1 fully saturated rings. The summed E-state index contributed by atoms with van der Waals surface area (Å²) in [7, 11) is 1.79. The molecule has 18 heavy (non-hydrogen) atoms. The first-order valence-electron chi connectivity index (χ1n) is 6.46. The Labute approximate surface area is 117 Å². The van der Waals surface area contributed by atoms with E-state index in [9.17, 15) is 0 Å². The van der Waals surface area contributed by atoms with E-state index >= 15 is 0 Å². The third-order valence-corrected chi connectivity index (χ3v) is 4.35. The SMILES string of the molecule is COC1CCN(CCC(N)c2ccccc2Br)C1. The molecular weight excluding hydrogens is 292 g/mol. The molecule has 100 valence electrons. The van der Waals surface area contributed by atoms with E-state index < -0.39 is 0 Å². The van der Waals surface area contributed by atoms with Crippen molar-refractivity contribution >= 4 is 15.9 Å². The molecular formula is C14H21BrN2O. The number of likely N-dealkylation sites (tertiary alicyclic amines) is 1. The van der Waals surface area contributed by atoms with Crippen molar-refractivity contribution in [2.45, 2.75) is 25.0 Å². The van der Waals surface area contributed by atoms with Gasteiger partial charge in [-0.3, -0.25) is 0 Å². The number of nitrogens with two attached hydrogens (primary N) is 1. The largest absolute Gasteiger partial charge is 0.380 e. The highest BCUT2D eigenvalue weighted by molar-refractivity contribution is 9.10. The highest BCUT2D eigenvalue weighted by Crippen LogP contribution is 2.24. The standard InChI is InChI=1S/C14H21BrN2O/c1-18-11-6-8-17(10-11)9-7-14(16)12-4-2-3-5-13(12)15/h2-5,11,14H,6-10,16H2,1H3. The molecule has 0 spiro atoms. The van der Waals surface area contributed by atoms with Crippen molar-refractivity contribution in [1.82, 2.24) is 4.90 Å². The van der Waals surface area contributed by atoms with E-state index in [1.807, 2.05) is 18.2 Å². The van der Waals surface area contributed by atoms with Crippen LogP contribution in [0.2, 0.25) is 0 Å². The van der Waals surface area contributed by atoms with Crippen LogP contribution in [0.4, 0.5) is 0 Å². The van der Waals surface area contributed by atoms with Gasteiger partial charge in [0.1, 0.15) is 0 Å². The van der Waals surface area contributed by atoms with Crippen LogP contribution < -0.4 is 5.73 Å². The van der Waals surface area contributed by atoms with Crippen LogP contribution in [-0.2, 0) is 4.74 Å². The number of rotatable bonds is 5. The summed E-state index contributed by atoms with van der Waals surface area (Å²) in [6.45, 7) is 3.21. The molecule has 1 aliphatic rings. The molecule has 1 saturated heterocycles. The van der Waals surface area contributed by atoms with Gasteiger partial charge in [0.25, 0.3) is 0 Å². The fourth-order valence-electron chi connectivity index (χ4n) is 2.45. The predicted molar refractivity (Wildman–Crippen MR) is 77.5 cm³/mol. The van der Waals surface area contributed by atoms with Crippen LogP contribution >= 0.6 is 15.9 Å². The summed E-state index contributed by atoms with van der Waals surface area (Å²) in [6.07, 6.45) is 2.53. The molecule has 0 aromatic heterocycles. The van der Waals surface area contributed by atoms with Crippen molar-refractivity contribution in [3.8, 4) is 0 Å². The van der Waals surface area contributed by atoms with Crippen molar-refractivity contribution in [1.29, 1.82) is 0 Å². The predicted octanol–water partition coefficient (Wildman–Crippen LogP) is 2.56. The number of methoxy groups -OCH3 is 1. The third kappa shape index (κ3) is 3.54. The second-order valence-electron chi connectivity index (χ2n) is 4.86. The number of halogens is 1. The molecule has 2 atom stereocenters. The number of nitrogens with zero attached hydrogens (tertiary/aromatic N) is 1. The van der Waals surface area contributed by atoms with Gasteiger partial charge in [0, 0.05) is 37.3 Å². The van der Waals surface area contributed by atoms with E-state index in [0.29, 0.717) is 6.10 Å². The smallest absolute Gasteiger partial charge is 0.0710 e. The van der Waals surface area contributed by atoms with Crippen LogP contribution in [0.3, 0.4) is 0 Å². The van der Waals surface area contributed by atoms with Gasteiger partial charge < -0.3 is 15.4 Å². The summed E-state index contributed by atoms with van der Waals surface area (Å²) in [4.78, 5) is 2.44. The van der Waals surface area contributed by atoms with Gasteiger partial charge in [-0.15, -0.1) is 0 Å². The molecule has 2 N–H and O–H groups in total. The minimum atomic E-state index is 0.0992. The fourth-order valence-corrected chi connectivity index (χ4v) is 3.02. The first-order valence-corrected chi connectivity index (χ1v) is 7.25. The van der Waals surface area contributed by atoms with Crippen molar-refractivity contribution in [3.63, 3.8) is 0 Å². The van der Waals surface area contributed by atoms with Gasteiger partial charge in [0.2, 0.25) is 0 Å². The minimum Gasteiger partial charge on any atom is -0.380 e. The molecule has 1 aromatic rings. The highest BCUT2D eigenvalue weighted by atomic mass is 79.9. The van der Waals surface area contributed by atoms with Crippen LogP contribution in [0.1, 0.15) is 24.4 Å². The van der Waals surface area contributed by atoms with Gasteiger partial charge in [-0.2, -0.15) is 0 Å². The van der Waals surface area contributed by atoms with E-state index in [2.05, 4.69) is 26.9 Å². The van der Waals surface area contributed by atoms with Crippen molar-refractivity contribution in [3.05, 3.63) is 34.3 Å². The molecule has 3 nitrogen and oxygen atoms in total. The van der Waals surface area contributed by atoms with Crippen molar-refractivity contribution < 1.29 is 4.74 Å². The molecule has 0 radical (unpaired) electrons. The lowest BCUT2D eigenvalue weighted by atomic mass is 10.0. The average molecular weight is 313 g/mol. The summed E-state index contributed by atoms with van der Waals surface area (Å²) >= 11 is 3.56. The zero-order chi connectivity index (χ0) is 13.0. The normalized spacial score (nSPS) is 22.3. The zero-order valence-corrected chi connectivity index (χ0v) is 12.4. The summed E-state index contributed by atoms with van der Waals surface area (Å²) in [5.74, 6) is 0. The molecule has 4 heteroatoms. The van der Waals surface area contributed by atoms with E-state index in [-0.39, 0.29) is 6.04 Å². The maximum Gasteiger partial charge on any atom is 0.0710 e. The second-order valence-corrected chi connectivity index (χ2v) is 5.72. The Morgan fingerprint density at radius 1 is 1.50 bits per heavy atom. The van der Waals surface area contributed by atoms with Crippen LogP contribution in [0.15, 0.2) is 28.7 Å². The first kappa shape index (κ1) is 14.0. The Hall–Kier alpha value is -0.420. The van der Waals surface area contributed by atoms with Gasteiger partial charge in [0.05, 0.1) is 6.10 Å². The molecule has 1 aromatic carbocycles. The first-order chi connectivity index (χ1) is 8.70. The van der Waals surface area contributed by atoms with E-state index in [1.165, 1.54) is 5.56 Å². The van der Waals surface area contributed by atoms with Crippen LogP contribution in [0.25, 0.3) is 0 Å². The Kier molecular flexibility index (Phi) is 5.18. The van der Waals surface area contributed by atoms with Gasteiger partial charge in [-0.05, 0) is 24.5 Å². The minimum absolute atomic E-state index is 0.0992. The lowest BCUT2D eigenvalue weighted by Crippen LogP contribution is -2.26. The molecule has 0 aliphatic carbocycles. The Bertz CT molecular complexity index is 386. The van der Waals surface area contributed by atoms with Gasteiger partial charge >= 0.3 is 0 Å². The van der Waals surface area contributed by atoms with Gasteiger partial charge in [-0.1, -0.05) is 34.1 Å². The molecule has 2 unspecified atom stereocenters. The molecule has 0 saturated carbocycles. The lowest BCUT2D eigenvalue weighted by Gasteiger charge is -2.19. The molecule has 1 aliphatic heterocycles. The second kappa shape index (κ2) is 6.66. The molecule has 0 amide bonds. The maximum absolute atomic E-state index is 6.25. The Balaban J connectivity index is 1.82. The lowest BCUT2D eigenvalue weighted by molar-refractivity contribution is 0.108. The van der Waals surface area contributed by atoms with Gasteiger partial charge in [-0.25, -0.2) is 0 Å². The van der Waals surface area contributed by atoms with E-state index in [0.717, 1.165) is 36.9 Å². The van der Waals surface area contributed by atoms with Gasteiger partial charge in [0.15, 0.2) is 0 Å². The summed E-state index contributed by atoms with van der Waals surface area (Å²) < 4.78 is 6.48. The highest BCUT2D eigenvalue weighted by Gasteiger charge is 2.22. The Morgan fingerprint density at radius 3 is 2.94 bits per heavy atom. The third-order valence-electron chi connectivity index (χ3n) is 3.62. The number of hydrogen-bond donors (Lipinski definition) is 1. The zero-order valence-electron chi connectivity index (χ0n) is 10.8. The van der Waals surface area contributed by atoms with Crippen LogP contribution in [0.5, 0.6) is 0 Å². The Morgan fingerprint density at radius 2 is 2.28 bits per heavy atom. The molecule has 0 bridgehead atoms. The average Bonchev–Trinajstić information content (AvgIpc) is 2.84.